The molecule has 0 radical (unpaired) electrons. The molecular weight excluding hydrogens is 213 g/mol. The number of benzene rings is 1. The predicted molar refractivity (Wildman–Crippen MR) is 57.8 cm³/mol. The summed E-state index contributed by atoms with van der Waals surface area (Å²) >= 11 is 0. The summed E-state index contributed by atoms with van der Waals surface area (Å²) in [4.78, 5) is 0. The Kier molecular flexibility index (Phi) is 4.72. The van der Waals surface area contributed by atoms with Crippen LogP contribution in [0.1, 0.15) is 12.5 Å². The van der Waals surface area contributed by atoms with E-state index in [9.17, 15) is 4.39 Å². The van der Waals surface area contributed by atoms with Gasteiger partial charge in [0.2, 0.25) is 0 Å². The molecule has 0 bridgehead atoms. The minimum atomic E-state index is -0.401. The van der Waals surface area contributed by atoms with Gasteiger partial charge in [0.05, 0.1) is 12.3 Å². The Morgan fingerprint density at radius 1 is 1.44 bits per heavy atom. The molecule has 0 spiro atoms. The van der Waals surface area contributed by atoms with Crippen LogP contribution in [0.3, 0.4) is 0 Å². The molecule has 0 aliphatic heterocycles. The summed E-state index contributed by atoms with van der Waals surface area (Å²) in [6, 6.07) is 4.04. The van der Waals surface area contributed by atoms with Crippen molar-refractivity contribution >= 4 is 5.71 Å². The van der Waals surface area contributed by atoms with E-state index in [-0.39, 0.29) is 0 Å². The first-order chi connectivity index (χ1) is 7.69. The quantitative estimate of drug-likeness (QED) is 0.362. The van der Waals surface area contributed by atoms with E-state index < -0.39 is 5.82 Å². The first-order valence-electron chi connectivity index (χ1n) is 4.79. The maximum absolute atomic E-state index is 13.0. The van der Waals surface area contributed by atoms with Gasteiger partial charge < -0.3 is 14.7 Å². The molecule has 4 nitrogen and oxygen atoms in total. The highest BCUT2D eigenvalue weighted by Crippen LogP contribution is 2.20. The molecule has 5 heteroatoms. The summed E-state index contributed by atoms with van der Waals surface area (Å²) in [7, 11) is 1.55. The number of oxime groups is 1. The number of hydrogen-bond acceptors (Lipinski definition) is 4. The third-order valence-corrected chi connectivity index (χ3v) is 2.03. The van der Waals surface area contributed by atoms with Crippen molar-refractivity contribution in [2.45, 2.75) is 6.92 Å². The number of halogens is 1. The number of ether oxygens (including phenoxy) is 2. The molecule has 16 heavy (non-hydrogen) atoms. The van der Waals surface area contributed by atoms with Crippen molar-refractivity contribution in [1.82, 2.24) is 0 Å². The highest BCUT2D eigenvalue weighted by atomic mass is 19.1. The zero-order chi connectivity index (χ0) is 12.0. The van der Waals surface area contributed by atoms with Crippen molar-refractivity contribution in [3.05, 3.63) is 29.6 Å². The molecule has 0 heterocycles. The molecule has 0 fully saturated rings. The van der Waals surface area contributed by atoms with Gasteiger partial charge in [-0.2, -0.15) is 0 Å². The third-order valence-electron chi connectivity index (χ3n) is 2.03. The smallest absolute Gasteiger partial charge is 0.131 e. The molecule has 0 saturated carbocycles. The van der Waals surface area contributed by atoms with E-state index in [0.29, 0.717) is 30.2 Å². The molecule has 1 N–H and O–H groups in total. The zero-order valence-electron chi connectivity index (χ0n) is 9.24. The zero-order valence-corrected chi connectivity index (χ0v) is 9.24. The molecule has 1 aromatic rings. The lowest BCUT2D eigenvalue weighted by Crippen LogP contribution is -2.08. The average Bonchev–Trinajstić information content (AvgIpc) is 2.29. The normalized spacial score (nSPS) is 11.6. The van der Waals surface area contributed by atoms with Crippen LogP contribution in [0.25, 0.3) is 0 Å². The van der Waals surface area contributed by atoms with Gasteiger partial charge in [0.1, 0.15) is 18.2 Å². The lowest BCUT2D eigenvalue weighted by molar-refractivity contribution is 0.146. The molecule has 0 atom stereocenters. The molecular formula is C11H14FNO3. The molecule has 0 aliphatic carbocycles. The van der Waals surface area contributed by atoms with Crippen LogP contribution in [-0.4, -0.2) is 31.2 Å². The Hall–Kier alpha value is -1.62. The highest BCUT2D eigenvalue weighted by molar-refractivity contribution is 6.00. The summed E-state index contributed by atoms with van der Waals surface area (Å²) in [6.07, 6.45) is 0. The van der Waals surface area contributed by atoms with Gasteiger partial charge in [-0.3, -0.25) is 0 Å². The fraction of sp³-hybridized carbons (Fsp3) is 0.364. The summed E-state index contributed by atoms with van der Waals surface area (Å²) in [5.74, 6) is -0.0609. The van der Waals surface area contributed by atoms with Crippen molar-refractivity contribution < 1.29 is 19.1 Å². The molecule has 0 saturated heterocycles. The van der Waals surface area contributed by atoms with Gasteiger partial charge in [0, 0.05) is 18.7 Å². The minimum absolute atomic E-state index is 0.311. The second kappa shape index (κ2) is 6.07. The molecule has 0 aliphatic rings. The maximum atomic E-state index is 13.0. The highest BCUT2D eigenvalue weighted by Gasteiger charge is 2.08. The third kappa shape index (κ3) is 3.20. The van der Waals surface area contributed by atoms with Gasteiger partial charge in [-0.05, 0) is 19.1 Å². The second-order valence-corrected chi connectivity index (χ2v) is 3.17. The fourth-order valence-corrected chi connectivity index (χ4v) is 1.20. The summed E-state index contributed by atoms with van der Waals surface area (Å²) in [5, 5.41) is 11.7. The van der Waals surface area contributed by atoms with Crippen LogP contribution in [0.4, 0.5) is 4.39 Å². The van der Waals surface area contributed by atoms with Crippen molar-refractivity contribution in [1.29, 1.82) is 0 Å². The first-order valence-corrected chi connectivity index (χ1v) is 4.79. The van der Waals surface area contributed by atoms with Gasteiger partial charge in [-0.25, -0.2) is 4.39 Å². The van der Waals surface area contributed by atoms with Crippen LogP contribution in [0.5, 0.6) is 5.75 Å². The van der Waals surface area contributed by atoms with E-state index in [0.717, 1.165) is 0 Å². The van der Waals surface area contributed by atoms with Crippen molar-refractivity contribution in [3.63, 3.8) is 0 Å². The second-order valence-electron chi connectivity index (χ2n) is 3.17. The number of methoxy groups -OCH3 is 1. The Morgan fingerprint density at radius 2 is 2.19 bits per heavy atom. The summed E-state index contributed by atoms with van der Waals surface area (Å²) < 4.78 is 23.2. The summed E-state index contributed by atoms with van der Waals surface area (Å²) in [5.41, 5.74) is 0.924. The standard InChI is InChI=1S/C11H14FNO3/c1-8(13-14)10-4-3-9(12)7-11(10)16-6-5-15-2/h3-4,7,14H,5-6H2,1-2H3. The lowest BCUT2D eigenvalue weighted by atomic mass is 10.1. The molecule has 0 amide bonds. The summed E-state index contributed by atoms with van der Waals surface area (Å²) in [6.45, 7) is 2.33. The molecule has 1 rings (SSSR count). The molecule has 0 aromatic heterocycles. The van der Waals surface area contributed by atoms with E-state index >= 15 is 0 Å². The topological polar surface area (TPSA) is 51.0 Å². The van der Waals surface area contributed by atoms with Gasteiger partial charge >= 0.3 is 0 Å². The van der Waals surface area contributed by atoms with Gasteiger partial charge in [-0.15, -0.1) is 0 Å². The number of rotatable bonds is 5. The van der Waals surface area contributed by atoms with Gasteiger partial charge in [0.25, 0.3) is 0 Å². The molecule has 0 unspecified atom stereocenters. The van der Waals surface area contributed by atoms with Crippen LogP contribution >= 0.6 is 0 Å². The van der Waals surface area contributed by atoms with Crippen LogP contribution in [0.2, 0.25) is 0 Å². The largest absolute Gasteiger partial charge is 0.490 e. The van der Waals surface area contributed by atoms with E-state index in [1.807, 2.05) is 0 Å². The van der Waals surface area contributed by atoms with Crippen molar-refractivity contribution in [2.24, 2.45) is 5.16 Å². The predicted octanol–water partition coefficient (Wildman–Crippen LogP) is 2.05. The van der Waals surface area contributed by atoms with Gasteiger partial charge in [0.15, 0.2) is 0 Å². The van der Waals surface area contributed by atoms with Crippen molar-refractivity contribution in [3.8, 4) is 5.75 Å². The Morgan fingerprint density at radius 3 is 2.81 bits per heavy atom. The van der Waals surface area contributed by atoms with Crippen LogP contribution in [0.15, 0.2) is 23.4 Å². The number of nitrogens with zero attached hydrogens (tertiary/aromatic N) is 1. The first kappa shape index (κ1) is 12.4. The SMILES string of the molecule is COCCOc1cc(F)ccc1C(C)=NO. The number of hydrogen-bond donors (Lipinski definition) is 1. The Labute approximate surface area is 93.3 Å². The van der Waals surface area contributed by atoms with E-state index in [1.165, 1.54) is 18.2 Å². The van der Waals surface area contributed by atoms with Crippen molar-refractivity contribution in [2.75, 3.05) is 20.3 Å². The molecule has 88 valence electrons. The Bertz CT molecular complexity index is 379. The maximum Gasteiger partial charge on any atom is 0.131 e. The van der Waals surface area contributed by atoms with Crippen LogP contribution in [0, 0.1) is 5.82 Å². The van der Waals surface area contributed by atoms with E-state index in [2.05, 4.69) is 5.16 Å². The fourth-order valence-electron chi connectivity index (χ4n) is 1.20. The van der Waals surface area contributed by atoms with Crippen LogP contribution < -0.4 is 4.74 Å². The lowest BCUT2D eigenvalue weighted by Gasteiger charge is -2.10. The van der Waals surface area contributed by atoms with E-state index in [1.54, 1.807) is 14.0 Å². The van der Waals surface area contributed by atoms with Crippen LogP contribution in [-0.2, 0) is 4.74 Å². The Balaban J connectivity index is 2.90. The van der Waals surface area contributed by atoms with Gasteiger partial charge in [-0.1, -0.05) is 5.16 Å². The molecule has 1 aromatic carbocycles. The van der Waals surface area contributed by atoms with E-state index in [4.69, 9.17) is 14.7 Å². The average molecular weight is 227 g/mol. The monoisotopic (exact) mass is 227 g/mol. The minimum Gasteiger partial charge on any atom is -0.490 e.